The fourth-order valence-electron chi connectivity index (χ4n) is 5.43. The Bertz CT molecular complexity index is 1280. The van der Waals surface area contributed by atoms with Gasteiger partial charge in [0.25, 0.3) is 0 Å². The lowest BCUT2D eigenvalue weighted by atomic mass is 9.73. The summed E-state index contributed by atoms with van der Waals surface area (Å²) in [5, 5.41) is 4.00. The fourth-order valence-corrected chi connectivity index (χ4v) is 5.67. The molecule has 186 valence electrons. The summed E-state index contributed by atoms with van der Waals surface area (Å²) >= 11 is 6.70. The van der Waals surface area contributed by atoms with Crippen LogP contribution >= 0.6 is 11.6 Å². The van der Waals surface area contributed by atoms with Crippen molar-refractivity contribution in [3.05, 3.63) is 88.2 Å². The highest BCUT2D eigenvalue weighted by atomic mass is 35.5. The first kappa shape index (κ1) is 24.3. The highest BCUT2D eigenvalue weighted by Crippen LogP contribution is 2.45. The highest BCUT2D eigenvalue weighted by Gasteiger charge is 2.46. The Hall–Kier alpha value is -3.38. The van der Waals surface area contributed by atoms with Gasteiger partial charge in [-0.05, 0) is 41.2 Å². The van der Waals surface area contributed by atoms with Crippen LogP contribution in [0, 0.1) is 5.41 Å². The molecular formula is C29H30ClN3O3. The minimum Gasteiger partial charge on any atom is -0.487 e. The van der Waals surface area contributed by atoms with E-state index in [1.165, 1.54) is 0 Å². The summed E-state index contributed by atoms with van der Waals surface area (Å²) in [5.41, 5.74) is 3.15. The summed E-state index contributed by atoms with van der Waals surface area (Å²) in [7, 11) is 0. The third-order valence-corrected chi connectivity index (χ3v) is 7.29. The Morgan fingerprint density at radius 2 is 1.97 bits per heavy atom. The van der Waals surface area contributed by atoms with Crippen LogP contribution < -0.4 is 10.1 Å². The third kappa shape index (κ3) is 4.70. The number of fused-ring (bicyclic) bond motifs is 1. The van der Waals surface area contributed by atoms with E-state index < -0.39 is 6.04 Å². The van der Waals surface area contributed by atoms with Crippen LogP contribution in [0.25, 0.3) is 0 Å². The zero-order chi connectivity index (χ0) is 25.4. The van der Waals surface area contributed by atoms with E-state index in [4.69, 9.17) is 16.3 Å². The van der Waals surface area contributed by atoms with Gasteiger partial charge in [0.1, 0.15) is 12.4 Å². The summed E-state index contributed by atoms with van der Waals surface area (Å²) in [6.45, 7) is 6.14. The van der Waals surface area contributed by atoms with E-state index in [0.29, 0.717) is 35.8 Å². The van der Waals surface area contributed by atoms with Crippen LogP contribution in [0.1, 0.15) is 50.8 Å². The van der Waals surface area contributed by atoms with E-state index in [9.17, 15) is 9.59 Å². The number of halogens is 1. The highest BCUT2D eigenvalue weighted by molar-refractivity contribution is 6.32. The van der Waals surface area contributed by atoms with Crippen molar-refractivity contribution in [2.24, 2.45) is 10.4 Å². The molecule has 5 rings (SSSR count). The van der Waals surface area contributed by atoms with Crippen molar-refractivity contribution in [1.82, 2.24) is 10.2 Å². The number of benzene rings is 2. The first-order chi connectivity index (χ1) is 17.2. The van der Waals surface area contributed by atoms with Crippen LogP contribution in [-0.2, 0) is 16.2 Å². The van der Waals surface area contributed by atoms with Gasteiger partial charge in [0.2, 0.25) is 5.91 Å². The van der Waals surface area contributed by atoms with Gasteiger partial charge in [0.05, 0.1) is 23.1 Å². The first-order valence-corrected chi connectivity index (χ1v) is 12.6. The molecule has 7 heteroatoms. The molecule has 3 atom stereocenters. The Labute approximate surface area is 216 Å². The zero-order valence-corrected chi connectivity index (χ0v) is 21.5. The molecule has 6 nitrogen and oxygen atoms in total. The van der Waals surface area contributed by atoms with Crippen LogP contribution in [0.2, 0.25) is 5.02 Å². The van der Waals surface area contributed by atoms with Gasteiger partial charge in [-0.1, -0.05) is 61.8 Å². The minimum atomic E-state index is -0.569. The topological polar surface area (TPSA) is 71.0 Å². The molecule has 3 aliphatic rings. The lowest BCUT2D eigenvalue weighted by Crippen LogP contribution is -2.51. The maximum atomic E-state index is 13.6. The van der Waals surface area contributed by atoms with E-state index in [0.717, 1.165) is 16.8 Å². The number of nitrogens with one attached hydrogen (secondary N) is 1. The molecule has 2 aromatic carbocycles. The Kier molecular flexibility index (Phi) is 6.47. The summed E-state index contributed by atoms with van der Waals surface area (Å²) in [4.78, 5) is 32.9. The normalized spacial score (nSPS) is 24.5. The van der Waals surface area contributed by atoms with Gasteiger partial charge in [-0.2, -0.15) is 0 Å². The quantitative estimate of drug-likeness (QED) is 0.607. The molecule has 0 saturated heterocycles. The molecule has 0 aromatic heterocycles. The SMILES string of the molecule is CC(=O)N1C(c2ccc(OCc3ccccc3)c(Cl)c2)C2=C(CC(C)(C)CC2=O)NC2C=NC=CC21. The number of allylic oxidation sites excluding steroid dienone is 1. The van der Waals surface area contributed by atoms with Gasteiger partial charge in [-0.3, -0.25) is 14.6 Å². The van der Waals surface area contributed by atoms with Gasteiger partial charge >= 0.3 is 0 Å². The monoisotopic (exact) mass is 503 g/mol. The van der Waals surface area contributed by atoms with E-state index in [1.54, 1.807) is 18.0 Å². The number of carbonyl (C=O) groups is 2. The maximum Gasteiger partial charge on any atom is 0.220 e. The van der Waals surface area contributed by atoms with Crippen molar-refractivity contribution >= 4 is 29.5 Å². The molecule has 36 heavy (non-hydrogen) atoms. The number of rotatable bonds is 4. The number of carbonyl (C=O) groups excluding carboxylic acids is 2. The van der Waals surface area contributed by atoms with Crippen LogP contribution in [0.5, 0.6) is 5.75 Å². The number of hydrogen-bond acceptors (Lipinski definition) is 5. The molecule has 0 spiro atoms. The number of aliphatic imine (C=N–C) groups is 1. The van der Waals surface area contributed by atoms with Gasteiger partial charge in [-0.15, -0.1) is 0 Å². The second kappa shape index (κ2) is 9.58. The van der Waals surface area contributed by atoms with E-state index >= 15 is 0 Å². The number of ketones is 1. The number of amides is 1. The first-order valence-electron chi connectivity index (χ1n) is 12.2. The number of ether oxygens (including phenoxy) is 1. The Morgan fingerprint density at radius 3 is 2.69 bits per heavy atom. The predicted molar refractivity (Wildman–Crippen MR) is 141 cm³/mol. The van der Waals surface area contributed by atoms with Gasteiger partial charge in [0, 0.05) is 37.0 Å². The molecule has 0 bridgehead atoms. The van der Waals surface area contributed by atoms with Crippen LogP contribution in [-0.4, -0.2) is 34.9 Å². The predicted octanol–water partition coefficient (Wildman–Crippen LogP) is 5.39. The second-order valence-electron chi connectivity index (χ2n) is 10.4. The summed E-state index contributed by atoms with van der Waals surface area (Å²) < 4.78 is 5.97. The molecule has 2 aromatic rings. The number of Topliss-reactive ketones (excluding diaryl/α,β-unsaturated/α-hetero) is 1. The van der Waals surface area contributed by atoms with Crippen molar-refractivity contribution < 1.29 is 14.3 Å². The molecule has 1 amide bonds. The standard InChI is InChI=1S/C29H30ClN3O3/c1-18(34)33-24-11-12-31-16-23(24)32-22-14-29(2,3)15-25(35)27(22)28(33)20-9-10-26(21(30)13-20)36-17-19-7-5-4-6-8-19/h4-13,16,23-24,28,32H,14-15,17H2,1-3H3. The van der Waals surface area contributed by atoms with Crippen molar-refractivity contribution in [2.45, 2.75) is 58.3 Å². The van der Waals surface area contributed by atoms with E-state index in [2.05, 4.69) is 24.2 Å². The van der Waals surface area contributed by atoms with Crippen LogP contribution in [0.15, 0.2) is 77.1 Å². The number of hydrogen-bond donors (Lipinski definition) is 1. The van der Waals surface area contributed by atoms with Crippen LogP contribution in [0.3, 0.4) is 0 Å². The lowest BCUT2D eigenvalue weighted by molar-refractivity contribution is -0.132. The minimum absolute atomic E-state index is 0.0464. The maximum absolute atomic E-state index is 13.6. The number of nitrogens with zero attached hydrogens (tertiary/aromatic N) is 2. The molecule has 0 fully saturated rings. The second-order valence-corrected chi connectivity index (χ2v) is 10.8. The van der Waals surface area contributed by atoms with Gasteiger partial charge in [-0.25, -0.2) is 0 Å². The van der Waals surface area contributed by atoms with Crippen molar-refractivity contribution in [1.29, 1.82) is 0 Å². The lowest BCUT2D eigenvalue weighted by Gasteiger charge is -2.39. The third-order valence-electron chi connectivity index (χ3n) is 6.99. The molecule has 2 aliphatic heterocycles. The van der Waals surface area contributed by atoms with E-state index in [1.807, 2.05) is 60.8 Å². The molecule has 1 aliphatic carbocycles. The van der Waals surface area contributed by atoms with Crippen molar-refractivity contribution in [3.8, 4) is 5.75 Å². The fraction of sp³-hybridized carbons (Fsp3) is 0.345. The molecule has 1 N–H and O–H groups in total. The molecule has 3 unspecified atom stereocenters. The molecule has 2 heterocycles. The average Bonchev–Trinajstić information content (AvgIpc) is 2.97. The molecule has 0 radical (unpaired) electrons. The summed E-state index contributed by atoms with van der Waals surface area (Å²) in [5.74, 6) is 0.479. The average molecular weight is 504 g/mol. The Balaban J connectivity index is 1.57. The van der Waals surface area contributed by atoms with Gasteiger partial charge in [0.15, 0.2) is 5.78 Å². The van der Waals surface area contributed by atoms with Crippen LogP contribution in [0.4, 0.5) is 0 Å². The summed E-state index contributed by atoms with van der Waals surface area (Å²) in [6.07, 6.45) is 6.57. The van der Waals surface area contributed by atoms with Crippen molar-refractivity contribution in [3.63, 3.8) is 0 Å². The Morgan fingerprint density at radius 1 is 1.19 bits per heavy atom. The van der Waals surface area contributed by atoms with E-state index in [-0.39, 0.29) is 29.2 Å². The zero-order valence-electron chi connectivity index (χ0n) is 20.7. The largest absolute Gasteiger partial charge is 0.487 e. The molecular weight excluding hydrogens is 474 g/mol. The van der Waals surface area contributed by atoms with Gasteiger partial charge < -0.3 is 15.0 Å². The molecule has 0 saturated carbocycles. The smallest absolute Gasteiger partial charge is 0.220 e. The summed E-state index contributed by atoms with van der Waals surface area (Å²) in [6, 6.07) is 14.3. The van der Waals surface area contributed by atoms with Crippen molar-refractivity contribution in [2.75, 3.05) is 0 Å².